The van der Waals surface area contributed by atoms with Crippen molar-refractivity contribution in [3.8, 4) is 5.75 Å². The zero-order valence-electron chi connectivity index (χ0n) is 18.3. The van der Waals surface area contributed by atoms with Crippen LogP contribution in [0.2, 0.25) is 5.02 Å². The van der Waals surface area contributed by atoms with Gasteiger partial charge in [0.25, 0.3) is 5.91 Å². The highest BCUT2D eigenvalue weighted by Crippen LogP contribution is 2.53. The second kappa shape index (κ2) is 9.27. The molecular weight excluding hydrogens is 494 g/mol. The van der Waals surface area contributed by atoms with Gasteiger partial charge in [-0.25, -0.2) is 9.37 Å². The number of ether oxygens (including phenoxy) is 1. The normalized spacial score (nSPS) is 25.7. The summed E-state index contributed by atoms with van der Waals surface area (Å²) in [6.45, 7) is -0.371. The van der Waals surface area contributed by atoms with Crippen molar-refractivity contribution in [3.05, 3.63) is 52.9 Å². The van der Waals surface area contributed by atoms with Crippen LogP contribution in [0.4, 0.5) is 23.4 Å². The first-order valence-corrected chi connectivity index (χ1v) is 11.2. The van der Waals surface area contributed by atoms with Crippen LogP contribution in [0.3, 0.4) is 0 Å². The lowest BCUT2D eigenvalue weighted by Gasteiger charge is -2.55. The minimum atomic E-state index is -4.54. The molecule has 0 aliphatic heterocycles. The van der Waals surface area contributed by atoms with Crippen molar-refractivity contribution in [2.45, 2.75) is 49.9 Å². The van der Waals surface area contributed by atoms with Gasteiger partial charge in [0.2, 0.25) is 5.91 Å². The van der Waals surface area contributed by atoms with Crippen LogP contribution < -0.4 is 15.4 Å². The number of aliphatic hydroxyl groups is 1. The van der Waals surface area contributed by atoms with E-state index in [0.29, 0.717) is 19.0 Å². The average Bonchev–Trinajstić information content (AvgIpc) is 2.80. The lowest BCUT2D eigenvalue weighted by Crippen LogP contribution is -2.65. The molecule has 0 saturated heterocycles. The van der Waals surface area contributed by atoms with Crippen molar-refractivity contribution in [3.63, 3.8) is 0 Å². The van der Waals surface area contributed by atoms with E-state index in [9.17, 15) is 32.3 Å². The molecule has 2 bridgehead atoms. The van der Waals surface area contributed by atoms with Crippen LogP contribution in [-0.4, -0.2) is 40.2 Å². The summed E-state index contributed by atoms with van der Waals surface area (Å²) >= 11 is 5.62. The highest BCUT2D eigenvalue weighted by Gasteiger charge is 2.58. The van der Waals surface area contributed by atoms with Crippen molar-refractivity contribution in [1.82, 2.24) is 10.3 Å². The van der Waals surface area contributed by atoms with Gasteiger partial charge in [0.1, 0.15) is 17.4 Å². The lowest BCUT2D eigenvalue weighted by molar-refractivity contribution is -0.151. The first kappa shape index (κ1) is 25.2. The molecule has 3 N–H and O–H groups in total. The van der Waals surface area contributed by atoms with Crippen molar-refractivity contribution < 1.29 is 37.0 Å². The number of anilines is 1. The SMILES string of the molecule is O=C(COc1ccc(Cl)c(F)c1)NC12CCC(C(=O)Nc3ccc(C(F)(F)F)cn3)(CC1)C(O)C2. The van der Waals surface area contributed by atoms with Crippen LogP contribution in [0.15, 0.2) is 36.5 Å². The van der Waals surface area contributed by atoms with Crippen LogP contribution in [0, 0.1) is 11.2 Å². The molecule has 188 valence electrons. The number of benzene rings is 1. The molecule has 35 heavy (non-hydrogen) atoms. The molecule has 1 aromatic heterocycles. The molecule has 1 heterocycles. The number of rotatable bonds is 6. The molecule has 0 radical (unpaired) electrons. The van der Waals surface area contributed by atoms with E-state index in [1.807, 2.05) is 0 Å². The van der Waals surface area contributed by atoms with E-state index < -0.39 is 46.4 Å². The van der Waals surface area contributed by atoms with E-state index >= 15 is 0 Å². The third-order valence-corrected chi connectivity index (χ3v) is 7.08. The summed E-state index contributed by atoms with van der Waals surface area (Å²) in [5, 5.41) is 16.1. The van der Waals surface area contributed by atoms with Crippen molar-refractivity contribution in [1.29, 1.82) is 0 Å². The fourth-order valence-electron chi connectivity index (χ4n) is 4.76. The van der Waals surface area contributed by atoms with Gasteiger partial charge in [0.05, 0.1) is 22.1 Å². The largest absolute Gasteiger partial charge is 0.484 e. The van der Waals surface area contributed by atoms with Gasteiger partial charge in [0.15, 0.2) is 6.61 Å². The van der Waals surface area contributed by atoms with Gasteiger partial charge in [-0.05, 0) is 56.4 Å². The second-order valence-corrected chi connectivity index (χ2v) is 9.36. The molecule has 1 aromatic carbocycles. The summed E-state index contributed by atoms with van der Waals surface area (Å²) in [6, 6.07) is 5.69. The van der Waals surface area contributed by atoms with Gasteiger partial charge in [-0.15, -0.1) is 0 Å². The highest BCUT2D eigenvalue weighted by molar-refractivity contribution is 6.30. The molecular formula is C23H22ClF4N3O4. The van der Waals surface area contributed by atoms with E-state index in [2.05, 4.69) is 15.6 Å². The Labute approximate surface area is 202 Å². The maximum absolute atomic E-state index is 13.5. The Hall–Kier alpha value is -2.92. The molecule has 2 aromatic rings. The number of nitrogens with one attached hydrogen (secondary N) is 2. The van der Waals surface area contributed by atoms with Gasteiger partial charge in [-0.3, -0.25) is 9.59 Å². The number of carbonyl (C=O) groups is 2. The monoisotopic (exact) mass is 515 g/mol. The predicted octanol–water partition coefficient (Wildman–Crippen LogP) is 4.09. The van der Waals surface area contributed by atoms with Crippen molar-refractivity contribution in [2.75, 3.05) is 11.9 Å². The Morgan fingerprint density at radius 2 is 1.89 bits per heavy atom. The Kier molecular flexibility index (Phi) is 6.67. The zero-order chi connectivity index (χ0) is 25.4. The minimum Gasteiger partial charge on any atom is -0.484 e. The number of hydrogen-bond acceptors (Lipinski definition) is 5. The summed E-state index contributed by atoms with van der Waals surface area (Å²) in [6.07, 6.45) is -3.49. The number of hydrogen-bond donors (Lipinski definition) is 3. The number of carbonyl (C=O) groups excluding carboxylic acids is 2. The molecule has 7 nitrogen and oxygen atoms in total. The van der Waals surface area contributed by atoms with Crippen molar-refractivity contribution >= 4 is 29.2 Å². The minimum absolute atomic E-state index is 0.0453. The predicted molar refractivity (Wildman–Crippen MR) is 117 cm³/mol. The maximum atomic E-state index is 13.5. The van der Waals surface area contributed by atoms with E-state index in [1.165, 1.54) is 12.1 Å². The first-order chi connectivity index (χ1) is 16.4. The number of amides is 2. The molecule has 1 atom stereocenters. The fraction of sp³-hybridized carbons (Fsp3) is 0.435. The number of aromatic nitrogens is 1. The summed E-state index contributed by atoms with van der Waals surface area (Å²) in [5.41, 5.74) is -2.79. The van der Waals surface area contributed by atoms with Crippen LogP contribution in [0.5, 0.6) is 5.75 Å². The van der Waals surface area contributed by atoms with Crippen LogP contribution in [0.25, 0.3) is 0 Å². The van der Waals surface area contributed by atoms with E-state index in [-0.39, 0.29) is 42.5 Å². The number of fused-ring (bicyclic) bond motifs is 3. The maximum Gasteiger partial charge on any atom is 0.417 e. The van der Waals surface area contributed by atoms with Gasteiger partial charge in [0, 0.05) is 17.8 Å². The summed E-state index contributed by atoms with van der Waals surface area (Å²) in [4.78, 5) is 29.1. The average molecular weight is 516 g/mol. The van der Waals surface area contributed by atoms with E-state index in [4.69, 9.17) is 16.3 Å². The third kappa shape index (κ3) is 5.20. The smallest absolute Gasteiger partial charge is 0.417 e. The number of halogens is 5. The topological polar surface area (TPSA) is 101 Å². The molecule has 3 saturated carbocycles. The van der Waals surface area contributed by atoms with E-state index in [1.54, 1.807) is 0 Å². The van der Waals surface area contributed by atoms with Crippen LogP contribution >= 0.6 is 11.6 Å². The molecule has 2 amide bonds. The molecule has 12 heteroatoms. The summed E-state index contributed by atoms with van der Waals surface area (Å²) < 4.78 is 57.0. The van der Waals surface area contributed by atoms with Crippen molar-refractivity contribution in [2.24, 2.45) is 5.41 Å². The lowest BCUT2D eigenvalue weighted by atomic mass is 9.55. The van der Waals surface area contributed by atoms with Crippen LogP contribution in [-0.2, 0) is 15.8 Å². The molecule has 0 spiro atoms. The number of alkyl halides is 3. The molecule has 5 rings (SSSR count). The molecule has 3 aliphatic carbocycles. The van der Waals surface area contributed by atoms with Gasteiger partial charge in [-0.1, -0.05) is 11.6 Å². The third-order valence-electron chi connectivity index (χ3n) is 6.77. The Bertz CT molecular complexity index is 1120. The zero-order valence-corrected chi connectivity index (χ0v) is 19.0. The standard InChI is InChI=1S/C23H22ClF4N3O4/c24-15-3-2-14(9-16(15)25)35-12-19(33)31-21-5-7-22(8-6-21,17(32)10-21)20(34)30-18-4-1-13(11-29-18)23(26,27)28/h1-4,9,11,17,32H,5-8,10,12H2,(H,31,33)(H,29,30,34). The Balaban J connectivity index is 1.34. The Morgan fingerprint density at radius 3 is 2.46 bits per heavy atom. The summed E-state index contributed by atoms with van der Waals surface area (Å²) in [7, 11) is 0. The molecule has 1 unspecified atom stereocenters. The van der Waals surface area contributed by atoms with E-state index in [0.717, 1.165) is 18.2 Å². The van der Waals surface area contributed by atoms with Gasteiger partial charge < -0.3 is 20.5 Å². The Morgan fingerprint density at radius 1 is 1.17 bits per heavy atom. The number of aliphatic hydroxyl groups excluding tert-OH is 1. The van der Waals surface area contributed by atoms with Gasteiger partial charge >= 0.3 is 6.18 Å². The number of pyridine rings is 1. The highest BCUT2D eigenvalue weighted by atomic mass is 35.5. The second-order valence-electron chi connectivity index (χ2n) is 8.95. The van der Waals surface area contributed by atoms with Crippen LogP contribution in [0.1, 0.15) is 37.7 Å². The summed E-state index contributed by atoms with van der Waals surface area (Å²) in [5.74, 6) is -1.56. The first-order valence-electron chi connectivity index (χ1n) is 10.8. The fourth-order valence-corrected chi connectivity index (χ4v) is 4.87. The quantitative estimate of drug-likeness (QED) is 0.503. The molecule has 3 fully saturated rings. The number of nitrogens with zero attached hydrogens (tertiary/aromatic N) is 1. The van der Waals surface area contributed by atoms with Gasteiger partial charge in [-0.2, -0.15) is 13.2 Å². The molecule has 3 aliphatic rings.